The van der Waals surface area contributed by atoms with E-state index in [1.807, 2.05) is 95.4 Å². The molecule has 0 aliphatic carbocycles. The molecule has 1 unspecified atom stereocenters. The van der Waals surface area contributed by atoms with E-state index in [0.717, 1.165) is 33.3 Å². The molecule has 1 heterocycles. The average molecular weight is 525 g/mol. The van der Waals surface area contributed by atoms with Gasteiger partial charge >= 0.3 is 0 Å². The van der Waals surface area contributed by atoms with Crippen molar-refractivity contribution in [1.29, 1.82) is 0 Å². The molecule has 2 N–H and O–H groups in total. The molecule has 4 aromatic rings. The van der Waals surface area contributed by atoms with Crippen molar-refractivity contribution in [2.24, 2.45) is 0 Å². The predicted octanol–water partition coefficient (Wildman–Crippen LogP) is 5.62. The fraction of sp³-hybridized carbons (Fsp3) is 0.125. The predicted molar refractivity (Wildman–Crippen MR) is 131 cm³/mol. The number of alkyl halides is 1. The smallest absolute Gasteiger partial charge is 0.234 e. The van der Waals surface area contributed by atoms with Crippen molar-refractivity contribution >= 4 is 45.1 Å². The van der Waals surface area contributed by atoms with Crippen LogP contribution >= 0.6 is 22.6 Å². The molecular weight excluding hydrogens is 505 g/mol. The number of nitrogens with one attached hydrogen (secondary N) is 2. The van der Waals surface area contributed by atoms with Gasteiger partial charge in [-0.25, -0.2) is 0 Å². The summed E-state index contributed by atoms with van der Waals surface area (Å²) in [4.78, 5) is 27.0. The van der Waals surface area contributed by atoms with Crippen molar-refractivity contribution in [3.05, 3.63) is 100 Å². The summed E-state index contributed by atoms with van der Waals surface area (Å²) in [5, 5.41) is 15.6. The first kappa shape index (κ1) is 21.0. The molecule has 0 saturated carbocycles. The number of carbonyl (C=O) groups excluding carboxylic acids is 1. The van der Waals surface area contributed by atoms with E-state index < -0.39 is 5.92 Å². The van der Waals surface area contributed by atoms with Gasteiger partial charge in [0.25, 0.3) is 0 Å². The van der Waals surface area contributed by atoms with E-state index in [4.69, 9.17) is 0 Å². The number of carbonyl (C=O) groups is 1. The van der Waals surface area contributed by atoms with Crippen LogP contribution < -0.4 is 5.32 Å². The average Bonchev–Trinajstić information content (AvgIpc) is 3.18. The van der Waals surface area contributed by atoms with Crippen LogP contribution in [0.2, 0.25) is 0 Å². The number of hydrogen-bond acceptors (Lipinski definition) is 3. The Bertz CT molecular complexity index is 1240. The van der Waals surface area contributed by atoms with Crippen molar-refractivity contribution < 1.29 is 9.72 Å². The van der Waals surface area contributed by atoms with Gasteiger partial charge in [-0.2, -0.15) is 0 Å². The number of anilines is 1. The molecule has 0 bridgehead atoms. The van der Waals surface area contributed by atoms with Crippen LogP contribution in [0.4, 0.5) is 5.69 Å². The van der Waals surface area contributed by atoms with Crippen molar-refractivity contribution in [2.75, 3.05) is 16.3 Å². The van der Waals surface area contributed by atoms with Crippen LogP contribution in [-0.2, 0) is 4.79 Å². The van der Waals surface area contributed by atoms with Gasteiger partial charge in [-0.15, -0.1) is 0 Å². The minimum atomic E-state index is -0.549. The number of aromatic nitrogens is 1. The van der Waals surface area contributed by atoms with E-state index in [-0.39, 0.29) is 17.4 Å². The summed E-state index contributed by atoms with van der Waals surface area (Å²) in [5.74, 6) is -0.692. The topological polar surface area (TPSA) is 88.0 Å². The van der Waals surface area contributed by atoms with Crippen molar-refractivity contribution in [3.63, 3.8) is 0 Å². The molecule has 156 valence electrons. The molecule has 0 radical (unpaired) electrons. The second-order valence-electron chi connectivity index (χ2n) is 7.16. The van der Waals surface area contributed by atoms with Crippen LogP contribution in [0.25, 0.3) is 22.2 Å². The molecule has 0 aliphatic rings. The lowest BCUT2D eigenvalue weighted by Crippen LogP contribution is -2.19. The van der Waals surface area contributed by atoms with Gasteiger partial charge in [-0.3, -0.25) is 14.9 Å². The van der Waals surface area contributed by atoms with E-state index in [1.54, 1.807) is 6.07 Å². The highest BCUT2D eigenvalue weighted by Crippen LogP contribution is 2.41. The number of hydrogen-bond donors (Lipinski definition) is 2. The lowest BCUT2D eigenvalue weighted by molar-refractivity contribution is -0.481. The summed E-state index contributed by atoms with van der Waals surface area (Å²) in [6.07, 6.45) is 0. The number of benzene rings is 3. The molecule has 1 atom stereocenters. The summed E-state index contributed by atoms with van der Waals surface area (Å²) in [5.41, 5.74) is 4.90. The summed E-state index contributed by atoms with van der Waals surface area (Å²) in [6.45, 7) is -0.293. The fourth-order valence-electron chi connectivity index (χ4n) is 3.95. The second kappa shape index (κ2) is 9.30. The summed E-state index contributed by atoms with van der Waals surface area (Å²) in [7, 11) is 0. The van der Waals surface area contributed by atoms with Crippen LogP contribution in [0.1, 0.15) is 17.0 Å². The SMILES string of the molecule is O=C(CI)Nc1ccccc1C(C[N+](=O)[O-])c1c(-c2ccccc2)[nH]c2ccccc12. The second-order valence-corrected chi connectivity index (χ2v) is 7.93. The quantitative estimate of drug-likeness (QED) is 0.142. The van der Waals surface area contributed by atoms with Crippen molar-refractivity contribution in [2.45, 2.75) is 5.92 Å². The molecule has 3 aromatic carbocycles. The van der Waals surface area contributed by atoms with E-state index in [0.29, 0.717) is 10.1 Å². The molecule has 1 amide bonds. The number of fused-ring (bicyclic) bond motifs is 1. The van der Waals surface area contributed by atoms with E-state index in [2.05, 4.69) is 10.3 Å². The Kier molecular flexibility index (Phi) is 6.31. The number of nitro groups is 1. The first-order valence-electron chi connectivity index (χ1n) is 9.81. The van der Waals surface area contributed by atoms with Crippen molar-refractivity contribution in [3.8, 4) is 11.3 Å². The maximum atomic E-state index is 12.1. The lowest BCUT2D eigenvalue weighted by Gasteiger charge is -2.19. The third kappa shape index (κ3) is 4.46. The fourth-order valence-corrected chi connectivity index (χ4v) is 4.14. The van der Waals surface area contributed by atoms with Crippen LogP contribution in [-0.4, -0.2) is 26.8 Å². The van der Waals surface area contributed by atoms with Crippen LogP contribution in [0, 0.1) is 10.1 Å². The molecule has 6 nitrogen and oxygen atoms in total. The Labute approximate surface area is 193 Å². The zero-order chi connectivity index (χ0) is 21.8. The number of halogens is 1. The van der Waals surface area contributed by atoms with Gasteiger partial charge in [0.05, 0.1) is 16.0 Å². The highest BCUT2D eigenvalue weighted by molar-refractivity contribution is 14.1. The molecule has 0 fully saturated rings. The van der Waals surface area contributed by atoms with Gasteiger partial charge in [-0.05, 0) is 28.8 Å². The Balaban J connectivity index is 1.97. The standard InChI is InChI=1S/C24H20IN3O3/c25-14-22(29)26-20-12-6-4-10-17(20)19(15-28(30)31)23-18-11-5-7-13-21(18)27-24(23)16-8-2-1-3-9-16/h1-13,19,27H,14-15H2,(H,26,29). The van der Waals surface area contributed by atoms with Gasteiger partial charge in [-0.1, -0.05) is 89.3 Å². The third-order valence-electron chi connectivity index (χ3n) is 5.22. The zero-order valence-electron chi connectivity index (χ0n) is 16.5. The Morgan fingerprint density at radius 1 is 1.00 bits per heavy atom. The monoisotopic (exact) mass is 525 g/mol. The number of para-hydroxylation sites is 2. The van der Waals surface area contributed by atoms with Crippen molar-refractivity contribution in [1.82, 2.24) is 4.98 Å². The van der Waals surface area contributed by atoms with Crippen LogP contribution in [0.3, 0.4) is 0 Å². The molecule has 1 aromatic heterocycles. The van der Waals surface area contributed by atoms with E-state index in [9.17, 15) is 14.9 Å². The van der Waals surface area contributed by atoms with Crippen LogP contribution in [0.5, 0.6) is 0 Å². The van der Waals surface area contributed by atoms with Gasteiger partial charge in [0.1, 0.15) is 0 Å². The first-order valence-corrected chi connectivity index (χ1v) is 11.3. The maximum Gasteiger partial charge on any atom is 0.234 e. The Morgan fingerprint density at radius 3 is 2.42 bits per heavy atom. The molecule has 4 rings (SSSR count). The summed E-state index contributed by atoms with van der Waals surface area (Å²) < 4.78 is 0.300. The minimum absolute atomic E-state index is 0.143. The Hall–Kier alpha value is -3.20. The van der Waals surface area contributed by atoms with Gasteiger partial charge in [0, 0.05) is 21.5 Å². The molecule has 7 heteroatoms. The summed E-state index contributed by atoms with van der Waals surface area (Å²) in [6, 6.07) is 24.9. The molecular formula is C24H20IN3O3. The number of aromatic amines is 1. The van der Waals surface area contributed by atoms with E-state index >= 15 is 0 Å². The number of nitrogens with zero attached hydrogens (tertiary/aromatic N) is 1. The van der Waals surface area contributed by atoms with Gasteiger partial charge in [0.2, 0.25) is 12.5 Å². The Morgan fingerprint density at radius 2 is 1.68 bits per heavy atom. The lowest BCUT2D eigenvalue weighted by atomic mass is 9.86. The number of H-pyrrole nitrogens is 1. The van der Waals surface area contributed by atoms with E-state index in [1.165, 1.54) is 0 Å². The van der Waals surface area contributed by atoms with Crippen LogP contribution in [0.15, 0.2) is 78.9 Å². The molecule has 31 heavy (non-hydrogen) atoms. The maximum absolute atomic E-state index is 12.1. The highest BCUT2D eigenvalue weighted by Gasteiger charge is 2.29. The normalized spacial score (nSPS) is 11.9. The number of amides is 1. The molecule has 0 aliphatic heterocycles. The molecule has 0 saturated heterocycles. The molecule has 0 spiro atoms. The first-order chi connectivity index (χ1) is 15.1. The summed E-state index contributed by atoms with van der Waals surface area (Å²) >= 11 is 2.00. The van der Waals surface area contributed by atoms with Gasteiger partial charge in [0.15, 0.2) is 0 Å². The third-order valence-corrected chi connectivity index (χ3v) is 5.91. The van der Waals surface area contributed by atoms with Gasteiger partial charge < -0.3 is 10.3 Å². The zero-order valence-corrected chi connectivity index (χ0v) is 18.7. The minimum Gasteiger partial charge on any atom is -0.354 e. The largest absolute Gasteiger partial charge is 0.354 e. The highest BCUT2D eigenvalue weighted by atomic mass is 127. The number of rotatable bonds is 7.